The minimum absolute atomic E-state index is 0.0510. The Morgan fingerprint density at radius 2 is 2.05 bits per heavy atom. The van der Waals surface area contributed by atoms with Crippen LogP contribution >= 0.6 is 0 Å². The van der Waals surface area contributed by atoms with Crippen LogP contribution in [0.15, 0.2) is 42.5 Å². The molecule has 0 spiro atoms. The maximum Gasteiger partial charge on any atom is 0.160 e. The van der Waals surface area contributed by atoms with Gasteiger partial charge >= 0.3 is 0 Å². The summed E-state index contributed by atoms with van der Waals surface area (Å²) in [6.45, 7) is 1.59. The van der Waals surface area contributed by atoms with E-state index in [9.17, 15) is 4.79 Å². The second-order valence-electron chi connectivity index (χ2n) is 5.26. The second-order valence-corrected chi connectivity index (χ2v) is 5.26. The number of methoxy groups -OCH3 is 1. The summed E-state index contributed by atoms with van der Waals surface area (Å²) in [5, 5.41) is 0. The predicted octanol–water partition coefficient (Wildman–Crippen LogP) is 3.96. The molecule has 0 N–H and O–H groups in total. The van der Waals surface area contributed by atoms with Crippen molar-refractivity contribution in [3.8, 4) is 11.5 Å². The summed E-state index contributed by atoms with van der Waals surface area (Å²) in [7, 11) is 1.63. The van der Waals surface area contributed by atoms with Crippen molar-refractivity contribution in [3.63, 3.8) is 0 Å². The molecule has 1 heterocycles. The van der Waals surface area contributed by atoms with Crippen molar-refractivity contribution in [2.45, 2.75) is 25.9 Å². The first kappa shape index (κ1) is 13.7. The predicted molar refractivity (Wildman–Crippen MR) is 81.1 cm³/mol. The zero-order valence-corrected chi connectivity index (χ0v) is 12.3. The minimum atomic E-state index is -0.103. The first-order valence-corrected chi connectivity index (χ1v) is 7.12. The maximum atomic E-state index is 11.9. The fraction of sp³-hybridized carbons (Fsp3) is 0.278. The number of ether oxygens (including phenoxy) is 2. The number of rotatable bonds is 3. The van der Waals surface area contributed by atoms with Gasteiger partial charge in [-0.3, -0.25) is 4.79 Å². The lowest BCUT2D eigenvalue weighted by molar-refractivity contribution is 0.101. The number of hydrogen-bond donors (Lipinski definition) is 0. The average molecular weight is 282 g/mol. The van der Waals surface area contributed by atoms with Crippen LogP contribution in [0.3, 0.4) is 0 Å². The van der Waals surface area contributed by atoms with E-state index >= 15 is 0 Å². The first-order valence-electron chi connectivity index (χ1n) is 7.12. The molecule has 0 fully saturated rings. The fourth-order valence-electron chi connectivity index (χ4n) is 2.80. The van der Waals surface area contributed by atoms with Gasteiger partial charge in [-0.1, -0.05) is 18.2 Å². The maximum absolute atomic E-state index is 11.9. The number of aryl methyl sites for hydroxylation is 1. The van der Waals surface area contributed by atoms with Crippen molar-refractivity contribution in [2.24, 2.45) is 0 Å². The lowest BCUT2D eigenvalue weighted by atomic mass is 9.93. The molecule has 21 heavy (non-hydrogen) atoms. The molecule has 0 aromatic heterocycles. The Balaban J connectivity index is 1.99. The van der Waals surface area contributed by atoms with E-state index in [1.54, 1.807) is 14.0 Å². The van der Waals surface area contributed by atoms with E-state index in [1.807, 2.05) is 36.4 Å². The SMILES string of the molecule is COc1ccc(C(C)=O)c(C2CCc3ccccc3O2)c1. The molecule has 0 saturated heterocycles. The molecule has 108 valence electrons. The molecule has 2 aromatic rings. The molecule has 0 radical (unpaired) electrons. The van der Waals surface area contributed by atoms with E-state index in [0.717, 1.165) is 29.9 Å². The summed E-state index contributed by atoms with van der Waals surface area (Å²) in [4.78, 5) is 11.9. The highest BCUT2D eigenvalue weighted by Gasteiger charge is 2.24. The summed E-state index contributed by atoms with van der Waals surface area (Å²) in [6, 6.07) is 13.6. The van der Waals surface area contributed by atoms with Crippen LogP contribution in [0.25, 0.3) is 0 Å². The summed E-state index contributed by atoms with van der Waals surface area (Å²) >= 11 is 0. The third-order valence-electron chi connectivity index (χ3n) is 3.90. The van der Waals surface area contributed by atoms with Crippen molar-refractivity contribution in [1.29, 1.82) is 0 Å². The lowest BCUT2D eigenvalue weighted by Gasteiger charge is -2.27. The lowest BCUT2D eigenvalue weighted by Crippen LogP contribution is -2.17. The Labute approximate surface area is 124 Å². The van der Waals surface area contributed by atoms with Gasteiger partial charge < -0.3 is 9.47 Å². The van der Waals surface area contributed by atoms with Gasteiger partial charge in [0, 0.05) is 11.1 Å². The minimum Gasteiger partial charge on any atom is -0.497 e. The molecule has 0 aliphatic carbocycles. The van der Waals surface area contributed by atoms with Crippen molar-refractivity contribution in [2.75, 3.05) is 7.11 Å². The largest absolute Gasteiger partial charge is 0.497 e. The number of carbonyl (C=O) groups excluding carboxylic acids is 1. The standard InChI is InChI=1S/C18H18O3/c1-12(19)15-9-8-14(20-2)11-16(15)18-10-7-13-5-3-4-6-17(13)21-18/h3-6,8-9,11,18H,7,10H2,1-2H3. The molecule has 3 rings (SSSR count). The fourth-order valence-corrected chi connectivity index (χ4v) is 2.80. The number of para-hydroxylation sites is 1. The number of benzene rings is 2. The van der Waals surface area contributed by atoms with Gasteiger partial charge in [0.15, 0.2) is 5.78 Å². The zero-order valence-electron chi connectivity index (χ0n) is 12.3. The summed E-state index contributed by atoms with van der Waals surface area (Å²) in [6.07, 6.45) is 1.72. The Bertz CT molecular complexity index is 676. The molecular formula is C18H18O3. The van der Waals surface area contributed by atoms with Crippen molar-refractivity contribution in [3.05, 3.63) is 59.2 Å². The van der Waals surface area contributed by atoms with Crippen LogP contribution in [0.5, 0.6) is 11.5 Å². The van der Waals surface area contributed by atoms with Gasteiger partial charge in [0.25, 0.3) is 0 Å². The Hall–Kier alpha value is -2.29. The van der Waals surface area contributed by atoms with E-state index in [4.69, 9.17) is 9.47 Å². The van der Waals surface area contributed by atoms with Crippen molar-refractivity contribution < 1.29 is 14.3 Å². The van der Waals surface area contributed by atoms with Gasteiger partial charge in [0.2, 0.25) is 0 Å². The van der Waals surface area contributed by atoms with E-state index in [-0.39, 0.29) is 11.9 Å². The van der Waals surface area contributed by atoms with Crippen LogP contribution in [-0.2, 0) is 6.42 Å². The molecule has 0 saturated carbocycles. The number of Topliss-reactive ketones (excluding diaryl/α,β-unsaturated/α-hetero) is 1. The van der Waals surface area contributed by atoms with Gasteiger partial charge in [0.1, 0.15) is 17.6 Å². The van der Waals surface area contributed by atoms with E-state index in [0.29, 0.717) is 5.56 Å². The third kappa shape index (κ3) is 2.64. The number of carbonyl (C=O) groups is 1. The zero-order chi connectivity index (χ0) is 14.8. The Morgan fingerprint density at radius 3 is 2.81 bits per heavy atom. The molecule has 1 atom stereocenters. The molecule has 1 aliphatic heterocycles. The average Bonchev–Trinajstić information content (AvgIpc) is 2.53. The first-order chi connectivity index (χ1) is 10.2. The van der Waals surface area contributed by atoms with Crippen LogP contribution in [0.1, 0.15) is 40.9 Å². The molecule has 1 aliphatic rings. The van der Waals surface area contributed by atoms with Crippen LogP contribution in [0.2, 0.25) is 0 Å². The topological polar surface area (TPSA) is 35.5 Å². The highest BCUT2D eigenvalue weighted by Crippen LogP contribution is 2.37. The Morgan fingerprint density at radius 1 is 1.24 bits per heavy atom. The number of ketones is 1. The van der Waals surface area contributed by atoms with Gasteiger partial charge in [-0.05, 0) is 49.6 Å². The molecule has 2 aromatic carbocycles. The van der Waals surface area contributed by atoms with Gasteiger partial charge in [0.05, 0.1) is 7.11 Å². The quantitative estimate of drug-likeness (QED) is 0.799. The molecule has 0 amide bonds. The van der Waals surface area contributed by atoms with Crippen LogP contribution in [-0.4, -0.2) is 12.9 Å². The molecule has 0 bridgehead atoms. The summed E-state index contributed by atoms with van der Waals surface area (Å²) in [5.74, 6) is 1.71. The monoisotopic (exact) mass is 282 g/mol. The van der Waals surface area contributed by atoms with Crippen molar-refractivity contribution >= 4 is 5.78 Å². The van der Waals surface area contributed by atoms with Crippen LogP contribution in [0.4, 0.5) is 0 Å². The van der Waals surface area contributed by atoms with Gasteiger partial charge in [-0.15, -0.1) is 0 Å². The third-order valence-corrected chi connectivity index (χ3v) is 3.90. The van der Waals surface area contributed by atoms with E-state index < -0.39 is 0 Å². The van der Waals surface area contributed by atoms with Gasteiger partial charge in [-0.2, -0.15) is 0 Å². The smallest absolute Gasteiger partial charge is 0.160 e. The molecule has 3 heteroatoms. The van der Waals surface area contributed by atoms with E-state index in [1.165, 1.54) is 5.56 Å². The summed E-state index contributed by atoms with van der Waals surface area (Å²) < 4.78 is 11.4. The van der Waals surface area contributed by atoms with Crippen LogP contribution in [0, 0.1) is 0 Å². The second kappa shape index (κ2) is 5.60. The van der Waals surface area contributed by atoms with Crippen molar-refractivity contribution in [1.82, 2.24) is 0 Å². The number of hydrogen-bond acceptors (Lipinski definition) is 3. The van der Waals surface area contributed by atoms with Gasteiger partial charge in [-0.25, -0.2) is 0 Å². The number of fused-ring (bicyclic) bond motifs is 1. The summed E-state index contributed by atoms with van der Waals surface area (Å²) in [5.41, 5.74) is 2.84. The highest BCUT2D eigenvalue weighted by molar-refractivity contribution is 5.95. The van der Waals surface area contributed by atoms with Crippen LogP contribution < -0.4 is 9.47 Å². The normalized spacial score (nSPS) is 16.8. The molecular weight excluding hydrogens is 264 g/mol. The molecule has 1 unspecified atom stereocenters. The van der Waals surface area contributed by atoms with E-state index in [2.05, 4.69) is 6.07 Å². The molecule has 3 nitrogen and oxygen atoms in total. The Kier molecular flexibility index (Phi) is 3.65. The highest BCUT2D eigenvalue weighted by atomic mass is 16.5.